The lowest BCUT2D eigenvalue weighted by molar-refractivity contribution is 0.104. The highest BCUT2D eigenvalue weighted by Crippen LogP contribution is 2.44. The molecule has 13 N–H and O–H groups in total. The van der Waals surface area contributed by atoms with Crippen LogP contribution >= 0.6 is 23.5 Å². The zero-order valence-corrected chi connectivity index (χ0v) is 20.3. The molecule has 200 valence electrons. The van der Waals surface area contributed by atoms with Gasteiger partial charge >= 0.3 is 23.5 Å². The minimum Gasteiger partial charge on any atom is -0.391 e. The fraction of sp³-hybridized carbons (Fsp3) is 0.462. The third-order valence-electron chi connectivity index (χ3n) is 4.06. The molecule has 0 saturated heterocycles. The predicted octanol–water partition coefficient (Wildman–Crippen LogP) is -2.75. The smallest absolute Gasteiger partial charge is 0.391 e. The number of aromatic nitrogens is 4. The summed E-state index contributed by atoms with van der Waals surface area (Å²) in [6.45, 7) is 1.85. The number of fused-ring (bicyclic) bond motifs is 1. The van der Waals surface area contributed by atoms with E-state index >= 15 is 0 Å². The Labute approximate surface area is 195 Å². The van der Waals surface area contributed by atoms with Gasteiger partial charge in [0.2, 0.25) is 5.95 Å². The number of imidazole rings is 1. The van der Waals surface area contributed by atoms with Crippen molar-refractivity contribution in [2.24, 2.45) is 5.41 Å². The minimum atomic E-state index is -4.64. The van der Waals surface area contributed by atoms with Gasteiger partial charge in [-0.2, -0.15) is 4.98 Å². The summed E-state index contributed by atoms with van der Waals surface area (Å²) in [5.41, 5.74) is 5.28. The number of terminal acetylenes is 1. The Morgan fingerprint density at radius 1 is 1.09 bits per heavy atom. The van der Waals surface area contributed by atoms with Crippen molar-refractivity contribution in [3.8, 4) is 12.3 Å². The topological polar surface area (TPSA) is 343 Å². The van der Waals surface area contributed by atoms with Gasteiger partial charge in [0, 0.05) is 6.04 Å². The van der Waals surface area contributed by atoms with Crippen LogP contribution in [0.5, 0.6) is 0 Å². The van der Waals surface area contributed by atoms with Crippen LogP contribution in [0.1, 0.15) is 25.8 Å². The molecule has 3 rings (SSSR count). The van der Waals surface area contributed by atoms with Crippen molar-refractivity contribution in [1.29, 1.82) is 0 Å². The molecule has 1 fully saturated rings. The van der Waals surface area contributed by atoms with Gasteiger partial charge in [-0.15, -0.1) is 6.42 Å². The van der Waals surface area contributed by atoms with Gasteiger partial charge in [-0.1, -0.05) is 5.92 Å². The van der Waals surface area contributed by atoms with E-state index in [9.17, 15) is 9.90 Å². The lowest BCUT2D eigenvalue weighted by atomic mass is 9.88. The highest BCUT2D eigenvalue weighted by Gasteiger charge is 2.43. The minimum absolute atomic E-state index is 0.0440. The quantitative estimate of drug-likeness (QED) is 0.123. The summed E-state index contributed by atoms with van der Waals surface area (Å²) in [5.74, 6) is 2.70. The lowest BCUT2D eigenvalue weighted by Crippen LogP contribution is -2.23. The predicted molar refractivity (Wildman–Crippen MR) is 117 cm³/mol. The number of aliphatic hydroxyl groups is 1. The summed E-state index contributed by atoms with van der Waals surface area (Å²) in [4.78, 5) is 87.0. The van der Waals surface area contributed by atoms with Gasteiger partial charge < -0.3 is 59.4 Å². The molecule has 0 amide bonds. The Bertz CT molecular complexity index is 1170. The highest BCUT2D eigenvalue weighted by molar-refractivity contribution is 7.45. The second kappa shape index (κ2) is 12.3. The van der Waals surface area contributed by atoms with Crippen LogP contribution in [0.3, 0.4) is 0 Å². The van der Waals surface area contributed by atoms with E-state index in [0.717, 1.165) is 0 Å². The van der Waals surface area contributed by atoms with Crippen molar-refractivity contribution in [2.75, 3.05) is 5.73 Å². The second-order valence-corrected chi connectivity index (χ2v) is 10.1. The number of nitrogens with one attached hydrogen (secondary N) is 1. The molecule has 2 aromatic rings. The first-order chi connectivity index (χ1) is 15.4. The molecule has 1 saturated carbocycles. The SMILES string of the molecule is C#C[C@]1(C)C[C@@H](n2cnc3c(=O)[nH]c(N)nc32)C[C@@H]1O.O=P(O)(O)O.O=P(O)(O)O.O=P(O)(O)O. The molecule has 2 aromatic heterocycles. The summed E-state index contributed by atoms with van der Waals surface area (Å²) in [6, 6.07) is -0.0512. The molecule has 19 nitrogen and oxygen atoms in total. The maximum absolute atomic E-state index is 11.7. The maximum atomic E-state index is 11.7. The number of nitrogens with zero attached hydrogens (tertiary/aromatic N) is 3. The van der Waals surface area contributed by atoms with Crippen LogP contribution in [0.2, 0.25) is 0 Å². The molecule has 2 heterocycles. The number of anilines is 1. The number of hydrogen-bond donors (Lipinski definition) is 12. The zero-order chi connectivity index (χ0) is 28.0. The first-order valence-electron chi connectivity index (χ1n) is 8.67. The largest absolute Gasteiger partial charge is 0.466 e. The molecule has 0 radical (unpaired) electrons. The van der Waals surface area contributed by atoms with Crippen molar-refractivity contribution < 1.29 is 62.8 Å². The molecule has 0 aliphatic heterocycles. The fourth-order valence-corrected chi connectivity index (χ4v) is 2.80. The Hall–Kier alpha value is -2.00. The van der Waals surface area contributed by atoms with E-state index in [1.54, 1.807) is 10.9 Å². The van der Waals surface area contributed by atoms with E-state index < -0.39 is 35.0 Å². The van der Waals surface area contributed by atoms with Gasteiger partial charge in [-0.25, -0.2) is 18.7 Å². The molecular formula is C13H24N5O14P3. The van der Waals surface area contributed by atoms with Gasteiger partial charge in [0.1, 0.15) is 0 Å². The number of H-pyrrole nitrogens is 1. The molecule has 0 spiro atoms. The standard InChI is InChI=1S/C13H15N5O2.3H3O4P/c1-3-13(2)5-7(4-8(13)19)18-6-15-9-10(18)16-12(14)17-11(9)20;3*1-5(2,3)4/h1,6-8,19H,4-5H2,2H3,(H3,14,16,17,20);3*(H3,1,2,3,4)/t7-,8-,13+;;;/m0.../s1. The Morgan fingerprint density at radius 2 is 1.51 bits per heavy atom. The van der Waals surface area contributed by atoms with Crippen molar-refractivity contribution in [3.05, 3.63) is 16.7 Å². The third kappa shape index (κ3) is 14.2. The first-order valence-corrected chi connectivity index (χ1v) is 13.4. The Morgan fingerprint density at radius 3 is 1.89 bits per heavy atom. The molecule has 0 bridgehead atoms. The summed E-state index contributed by atoms with van der Waals surface area (Å²) in [5, 5.41) is 10.1. The molecule has 22 heteroatoms. The van der Waals surface area contributed by atoms with E-state index in [0.29, 0.717) is 18.5 Å². The molecule has 35 heavy (non-hydrogen) atoms. The maximum Gasteiger partial charge on any atom is 0.466 e. The van der Waals surface area contributed by atoms with Crippen LogP contribution in [0, 0.1) is 17.8 Å². The summed E-state index contributed by atoms with van der Waals surface area (Å²) >= 11 is 0. The van der Waals surface area contributed by atoms with Crippen LogP contribution in [-0.2, 0) is 13.7 Å². The highest BCUT2D eigenvalue weighted by atomic mass is 31.2. The van der Waals surface area contributed by atoms with Crippen LogP contribution in [0.15, 0.2) is 11.1 Å². The number of hydrogen-bond acceptors (Lipinski definition) is 8. The van der Waals surface area contributed by atoms with E-state index in [-0.39, 0.29) is 23.1 Å². The summed E-state index contributed by atoms with van der Waals surface area (Å²) in [7, 11) is -13.9. The third-order valence-corrected chi connectivity index (χ3v) is 4.06. The molecule has 0 unspecified atom stereocenters. The van der Waals surface area contributed by atoms with Gasteiger partial charge in [-0.3, -0.25) is 9.78 Å². The van der Waals surface area contributed by atoms with Crippen LogP contribution in [0.4, 0.5) is 5.95 Å². The summed E-state index contributed by atoms with van der Waals surface area (Å²) < 4.78 is 28.4. The van der Waals surface area contributed by atoms with Crippen molar-refractivity contribution in [2.45, 2.75) is 31.9 Å². The molecule has 1 aliphatic rings. The lowest BCUT2D eigenvalue weighted by Gasteiger charge is -2.20. The number of aliphatic hydroxyl groups excluding tert-OH is 1. The number of nitrogens with two attached hydrogens (primary N) is 1. The number of phosphoric acid groups is 3. The van der Waals surface area contributed by atoms with E-state index in [2.05, 4.69) is 20.9 Å². The first kappa shape index (κ1) is 33.0. The van der Waals surface area contributed by atoms with Crippen molar-refractivity contribution in [3.63, 3.8) is 0 Å². The van der Waals surface area contributed by atoms with E-state index in [1.165, 1.54) is 0 Å². The van der Waals surface area contributed by atoms with Gasteiger partial charge in [0.05, 0.1) is 17.8 Å². The van der Waals surface area contributed by atoms with E-state index in [4.69, 9.17) is 69.9 Å². The second-order valence-electron chi connectivity index (χ2n) is 6.99. The van der Waals surface area contributed by atoms with Gasteiger partial charge in [0.25, 0.3) is 5.56 Å². The zero-order valence-electron chi connectivity index (χ0n) is 17.6. The van der Waals surface area contributed by atoms with E-state index in [1.807, 2.05) is 6.92 Å². The van der Waals surface area contributed by atoms with Crippen LogP contribution < -0.4 is 11.3 Å². The Balaban J connectivity index is 0.000000635. The number of rotatable bonds is 1. The molecule has 3 atom stereocenters. The summed E-state index contributed by atoms with van der Waals surface area (Å²) in [6.07, 6.45) is 7.57. The normalized spacial score (nSPS) is 22.0. The molecule has 1 aliphatic carbocycles. The number of nitrogen functional groups attached to an aromatic ring is 1. The molecular weight excluding hydrogens is 543 g/mol. The average molecular weight is 567 g/mol. The van der Waals surface area contributed by atoms with Crippen molar-refractivity contribution in [1.82, 2.24) is 19.5 Å². The number of aromatic amines is 1. The van der Waals surface area contributed by atoms with Gasteiger partial charge in [0.15, 0.2) is 11.2 Å². The Kier molecular flexibility index (Phi) is 11.6. The monoisotopic (exact) mass is 567 g/mol. The molecule has 0 aromatic carbocycles. The average Bonchev–Trinajstić information content (AvgIpc) is 3.12. The van der Waals surface area contributed by atoms with Crippen LogP contribution in [-0.4, -0.2) is 74.8 Å². The van der Waals surface area contributed by atoms with Crippen molar-refractivity contribution >= 4 is 40.6 Å². The fourth-order valence-electron chi connectivity index (χ4n) is 2.80. The van der Waals surface area contributed by atoms with Crippen LogP contribution in [0.25, 0.3) is 11.2 Å². The van der Waals surface area contributed by atoms with Gasteiger partial charge in [-0.05, 0) is 19.8 Å².